The van der Waals surface area contributed by atoms with Gasteiger partial charge in [-0.05, 0) is 60.0 Å². The Bertz CT molecular complexity index is 1010. The van der Waals surface area contributed by atoms with Gasteiger partial charge < -0.3 is 24.4 Å². The highest BCUT2D eigenvalue weighted by atomic mass is 16.6. The van der Waals surface area contributed by atoms with E-state index in [0.717, 1.165) is 6.92 Å². The van der Waals surface area contributed by atoms with Crippen LogP contribution in [0.2, 0.25) is 0 Å². The molecule has 2 aliphatic carbocycles. The first-order valence-electron chi connectivity index (χ1n) is 12.9. The Morgan fingerprint density at radius 1 is 1.16 bits per heavy atom. The van der Waals surface area contributed by atoms with Crippen LogP contribution in [0, 0.1) is 11.8 Å². The largest absolute Gasteiger partial charge is 0.459 e. The molecule has 37 heavy (non-hydrogen) atoms. The first kappa shape index (κ1) is 30.7. The second-order valence-corrected chi connectivity index (χ2v) is 10.8. The molecule has 0 aromatic heterocycles. The third kappa shape index (κ3) is 5.53. The molecule has 0 heterocycles. The van der Waals surface area contributed by atoms with Gasteiger partial charge in [-0.15, -0.1) is 0 Å². The highest BCUT2D eigenvalue weighted by Gasteiger charge is 2.66. The number of carbonyl (C=O) groups excluding carboxylic acids is 4. The summed E-state index contributed by atoms with van der Waals surface area (Å²) < 4.78 is 17.4. The Labute approximate surface area is 219 Å². The lowest BCUT2D eigenvalue weighted by atomic mass is 9.67. The van der Waals surface area contributed by atoms with Gasteiger partial charge in [0.25, 0.3) is 0 Å². The quantitative estimate of drug-likeness (QED) is 0.213. The first-order chi connectivity index (χ1) is 17.0. The van der Waals surface area contributed by atoms with Crippen LogP contribution in [-0.2, 0) is 33.4 Å². The van der Waals surface area contributed by atoms with Gasteiger partial charge in [0.05, 0.1) is 0 Å². The van der Waals surface area contributed by atoms with Crippen molar-refractivity contribution in [2.75, 3.05) is 0 Å². The van der Waals surface area contributed by atoms with Crippen LogP contribution < -0.4 is 0 Å². The Kier molecular flexibility index (Phi) is 9.19. The number of ether oxygens (including phenoxy) is 3. The molecule has 0 amide bonds. The summed E-state index contributed by atoms with van der Waals surface area (Å²) in [5, 5.41) is 23.7. The number of carbonyl (C=O) groups is 4. The van der Waals surface area contributed by atoms with Crippen LogP contribution in [0.1, 0.15) is 88.0 Å². The third-order valence-electron chi connectivity index (χ3n) is 8.28. The zero-order valence-electron chi connectivity index (χ0n) is 23.5. The van der Waals surface area contributed by atoms with Crippen LogP contribution in [-0.4, -0.2) is 62.9 Å². The number of Topliss-reactive ketones (excluding diaryl/α,β-unsaturated/α-hetero) is 1. The SMILES string of the molecule is C/C=C(/C)C(=O)O[C@@H]1C[C@H]2C(=C1C)[C@H](C)[C@@](O)([C@](C)(O)C(C)=O)[C@@H](OC(=O)CCC)C[C@]2(C)OC(C)=O. The van der Waals surface area contributed by atoms with Crippen LogP contribution in [0.25, 0.3) is 0 Å². The Hall–Kier alpha value is -2.52. The Morgan fingerprint density at radius 3 is 2.24 bits per heavy atom. The summed E-state index contributed by atoms with van der Waals surface area (Å²) >= 11 is 0. The van der Waals surface area contributed by atoms with E-state index < -0.39 is 64.5 Å². The summed E-state index contributed by atoms with van der Waals surface area (Å²) in [5.41, 5.74) is -4.24. The zero-order valence-corrected chi connectivity index (χ0v) is 23.5. The van der Waals surface area contributed by atoms with Gasteiger partial charge in [0.1, 0.15) is 23.4 Å². The molecule has 2 rings (SSSR count). The van der Waals surface area contributed by atoms with E-state index >= 15 is 0 Å². The average molecular weight is 523 g/mol. The number of ketones is 1. The second-order valence-electron chi connectivity index (χ2n) is 10.8. The summed E-state index contributed by atoms with van der Waals surface area (Å²) in [6.45, 7) is 13.9. The Balaban J connectivity index is 2.79. The number of esters is 3. The van der Waals surface area contributed by atoms with Crippen molar-refractivity contribution in [2.45, 2.75) is 117 Å². The van der Waals surface area contributed by atoms with Gasteiger partial charge in [-0.1, -0.05) is 25.5 Å². The number of aliphatic hydroxyl groups is 2. The highest BCUT2D eigenvalue weighted by Crippen LogP contribution is 2.56. The predicted octanol–water partition coefficient (Wildman–Crippen LogP) is 3.35. The maximum atomic E-state index is 12.7. The maximum Gasteiger partial charge on any atom is 0.333 e. The normalized spacial score (nSPS) is 33.6. The number of rotatable bonds is 8. The lowest BCUT2D eigenvalue weighted by Crippen LogP contribution is -2.67. The van der Waals surface area contributed by atoms with Gasteiger partial charge in [-0.2, -0.15) is 0 Å². The van der Waals surface area contributed by atoms with Crippen LogP contribution in [0.3, 0.4) is 0 Å². The van der Waals surface area contributed by atoms with E-state index in [1.807, 2.05) is 0 Å². The van der Waals surface area contributed by atoms with Crippen molar-refractivity contribution in [3.05, 3.63) is 22.8 Å². The highest BCUT2D eigenvalue weighted by molar-refractivity contribution is 5.88. The summed E-state index contributed by atoms with van der Waals surface area (Å²) in [4.78, 5) is 50.2. The molecule has 2 N–H and O–H groups in total. The number of hydrogen-bond donors (Lipinski definition) is 2. The van der Waals surface area contributed by atoms with E-state index in [1.165, 1.54) is 13.8 Å². The number of fused-ring (bicyclic) bond motifs is 1. The Morgan fingerprint density at radius 2 is 1.76 bits per heavy atom. The molecular weight excluding hydrogens is 480 g/mol. The minimum absolute atomic E-state index is 0.0704. The molecule has 208 valence electrons. The topological polar surface area (TPSA) is 136 Å². The molecule has 9 heteroatoms. The van der Waals surface area contributed by atoms with Crippen LogP contribution in [0.4, 0.5) is 0 Å². The molecule has 0 aliphatic heterocycles. The van der Waals surface area contributed by atoms with Crippen LogP contribution in [0.15, 0.2) is 22.8 Å². The van der Waals surface area contributed by atoms with Gasteiger partial charge in [-0.3, -0.25) is 14.4 Å². The fourth-order valence-corrected chi connectivity index (χ4v) is 5.87. The standard InChI is InChI=1S/C28H42O9/c1-10-12-23(31)36-22-14-26(8,37-19(7)30)20-13-21(35-25(32)15(3)11-2)16(4)24(20)17(5)28(22,34)27(9,33)18(6)29/h11,17,20-22,33-34H,10,12-14H2,1-9H3/b15-11-/t17-,20-,21+,22-,26-,27+,28-/m0/s1. The van der Waals surface area contributed by atoms with Gasteiger partial charge >= 0.3 is 17.9 Å². The fraction of sp³-hybridized carbons (Fsp3) is 0.714. The molecule has 1 fully saturated rings. The zero-order chi connectivity index (χ0) is 28.5. The van der Waals surface area contributed by atoms with Crippen molar-refractivity contribution in [3.63, 3.8) is 0 Å². The molecule has 9 nitrogen and oxygen atoms in total. The third-order valence-corrected chi connectivity index (χ3v) is 8.28. The van der Waals surface area contributed by atoms with E-state index in [-0.39, 0.29) is 19.3 Å². The molecule has 0 spiro atoms. The van der Waals surface area contributed by atoms with Gasteiger partial charge in [0.2, 0.25) is 0 Å². The summed E-state index contributed by atoms with van der Waals surface area (Å²) in [6.07, 6.45) is 0.235. The molecule has 0 saturated heterocycles. The van der Waals surface area contributed by atoms with Crippen molar-refractivity contribution in [3.8, 4) is 0 Å². The number of allylic oxidation sites excluding steroid dienone is 1. The molecule has 0 aromatic carbocycles. The van der Waals surface area contributed by atoms with E-state index in [0.29, 0.717) is 23.1 Å². The summed E-state index contributed by atoms with van der Waals surface area (Å²) in [7, 11) is 0. The lowest BCUT2D eigenvalue weighted by Gasteiger charge is -2.47. The van der Waals surface area contributed by atoms with Crippen molar-refractivity contribution in [2.24, 2.45) is 11.8 Å². The van der Waals surface area contributed by atoms with Crippen molar-refractivity contribution in [1.82, 2.24) is 0 Å². The first-order valence-corrected chi connectivity index (χ1v) is 12.9. The molecule has 0 bridgehead atoms. The number of hydrogen-bond acceptors (Lipinski definition) is 9. The van der Waals surface area contributed by atoms with Crippen LogP contribution in [0.5, 0.6) is 0 Å². The van der Waals surface area contributed by atoms with Gasteiger partial charge in [0.15, 0.2) is 11.4 Å². The van der Waals surface area contributed by atoms with E-state index in [9.17, 15) is 29.4 Å². The minimum Gasteiger partial charge on any atom is -0.459 e. The molecule has 7 atom stereocenters. The minimum atomic E-state index is -2.32. The smallest absolute Gasteiger partial charge is 0.333 e. The lowest BCUT2D eigenvalue weighted by molar-refractivity contribution is -0.227. The van der Waals surface area contributed by atoms with Crippen molar-refractivity contribution < 1.29 is 43.6 Å². The summed E-state index contributed by atoms with van der Waals surface area (Å²) in [6, 6.07) is 0. The fourth-order valence-electron chi connectivity index (χ4n) is 5.87. The predicted molar refractivity (Wildman–Crippen MR) is 135 cm³/mol. The molecule has 0 radical (unpaired) electrons. The van der Waals surface area contributed by atoms with E-state index in [4.69, 9.17) is 14.2 Å². The van der Waals surface area contributed by atoms with Crippen LogP contribution >= 0.6 is 0 Å². The average Bonchev–Trinajstić information content (AvgIpc) is 3.09. The molecule has 0 aromatic rings. The second kappa shape index (κ2) is 11.1. The molecule has 2 aliphatic rings. The van der Waals surface area contributed by atoms with Crippen molar-refractivity contribution in [1.29, 1.82) is 0 Å². The molecule has 0 unspecified atom stereocenters. The maximum absolute atomic E-state index is 12.7. The van der Waals surface area contributed by atoms with Gasteiger partial charge in [0, 0.05) is 37.2 Å². The van der Waals surface area contributed by atoms with E-state index in [2.05, 4.69) is 0 Å². The molecule has 1 saturated carbocycles. The monoisotopic (exact) mass is 522 g/mol. The summed E-state index contributed by atoms with van der Waals surface area (Å²) in [5.74, 6) is -3.87. The van der Waals surface area contributed by atoms with Crippen molar-refractivity contribution >= 4 is 23.7 Å². The van der Waals surface area contributed by atoms with Gasteiger partial charge in [-0.25, -0.2) is 4.79 Å². The van der Waals surface area contributed by atoms with E-state index in [1.54, 1.807) is 47.6 Å². The molecular formula is C28H42O9.